The molecule has 0 spiro atoms. The van der Waals surface area contributed by atoms with E-state index in [0.717, 1.165) is 22.4 Å². The van der Waals surface area contributed by atoms with Gasteiger partial charge in [-0.2, -0.15) is 5.10 Å². The average molecular weight is 211 g/mol. The molecule has 0 saturated carbocycles. The SMILES string of the molecule is C=C(C)c1[nH]ncc1/C=C/c1cccnc1. The van der Waals surface area contributed by atoms with Crippen molar-refractivity contribution in [2.45, 2.75) is 6.92 Å². The first-order valence-electron chi connectivity index (χ1n) is 5.05. The highest BCUT2D eigenvalue weighted by molar-refractivity contribution is 5.76. The van der Waals surface area contributed by atoms with Crippen molar-refractivity contribution in [1.82, 2.24) is 15.2 Å². The Bertz CT molecular complexity index is 509. The van der Waals surface area contributed by atoms with Gasteiger partial charge in [-0.15, -0.1) is 0 Å². The lowest BCUT2D eigenvalue weighted by atomic mass is 10.1. The molecule has 2 rings (SSSR count). The summed E-state index contributed by atoms with van der Waals surface area (Å²) >= 11 is 0. The van der Waals surface area contributed by atoms with Crippen LogP contribution in [0.3, 0.4) is 0 Å². The second kappa shape index (κ2) is 4.57. The molecule has 0 amide bonds. The van der Waals surface area contributed by atoms with E-state index in [9.17, 15) is 0 Å². The lowest BCUT2D eigenvalue weighted by Crippen LogP contribution is -1.81. The highest BCUT2D eigenvalue weighted by Gasteiger charge is 2.01. The summed E-state index contributed by atoms with van der Waals surface area (Å²) in [6.45, 7) is 5.85. The number of pyridine rings is 1. The molecule has 2 aromatic heterocycles. The third-order valence-corrected chi connectivity index (χ3v) is 2.24. The first-order valence-corrected chi connectivity index (χ1v) is 5.05. The number of rotatable bonds is 3. The van der Waals surface area contributed by atoms with Gasteiger partial charge in [0.25, 0.3) is 0 Å². The number of aromatic nitrogens is 3. The van der Waals surface area contributed by atoms with E-state index < -0.39 is 0 Å². The normalized spacial score (nSPS) is 10.8. The maximum Gasteiger partial charge on any atom is 0.0673 e. The topological polar surface area (TPSA) is 41.6 Å². The summed E-state index contributed by atoms with van der Waals surface area (Å²) in [6, 6.07) is 3.92. The van der Waals surface area contributed by atoms with E-state index in [4.69, 9.17) is 0 Å². The van der Waals surface area contributed by atoms with Crippen LogP contribution in [-0.2, 0) is 0 Å². The second-order valence-corrected chi connectivity index (χ2v) is 3.60. The predicted molar refractivity (Wildman–Crippen MR) is 66.5 cm³/mol. The Balaban J connectivity index is 2.24. The fraction of sp³-hybridized carbons (Fsp3) is 0.0769. The van der Waals surface area contributed by atoms with Gasteiger partial charge in [-0.25, -0.2) is 0 Å². The summed E-state index contributed by atoms with van der Waals surface area (Å²) in [7, 11) is 0. The summed E-state index contributed by atoms with van der Waals surface area (Å²) in [5, 5.41) is 6.93. The second-order valence-electron chi connectivity index (χ2n) is 3.60. The van der Waals surface area contributed by atoms with E-state index in [-0.39, 0.29) is 0 Å². The molecular weight excluding hydrogens is 198 g/mol. The van der Waals surface area contributed by atoms with Crippen LogP contribution in [0.1, 0.15) is 23.7 Å². The standard InChI is InChI=1S/C13H13N3/c1-10(2)13-12(9-15-16-13)6-5-11-4-3-7-14-8-11/h3-9H,1H2,2H3,(H,15,16)/b6-5+. The molecule has 0 atom stereocenters. The van der Waals surface area contributed by atoms with Crippen LogP contribution in [-0.4, -0.2) is 15.2 Å². The van der Waals surface area contributed by atoms with Gasteiger partial charge >= 0.3 is 0 Å². The van der Waals surface area contributed by atoms with Crippen molar-refractivity contribution in [1.29, 1.82) is 0 Å². The molecule has 0 aromatic carbocycles. The van der Waals surface area contributed by atoms with Gasteiger partial charge in [0.15, 0.2) is 0 Å². The monoisotopic (exact) mass is 211 g/mol. The van der Waals surface area contributed by atoms with Gasteiger partial charge in [-0.3, -0.25) is 10.1 Å². The van der Waals surface area contributed by atoms with Gasteiger partial charge in [0.2, 0.25) is 0 Å². The van der Waals surface area contributed by atoms with Crippen LogP contribution in [0.15, 0.2) is 37.3 Å². The number of hydrogen-bond donors (Lipinski definition) is 1. The van der Waals surface area contributed by atoms with Crippen molar-refractivity contribution in [3.63, 3.8) is 0 Å². The lowest BCUT2D eigenvalue weighted by molar-refractivity contribution is 1.07. The minimum atomic E-state index is 0.972. The van der Waals surface area contributed by atoms with Crippen molar-refractivity contribution in [2.24, 2.45) is 0 Å². The number of hydrogen-bond acceptors (Lipinski definition) is 2. The summed E-state index contributed by atoms with van der Waals surface area (Å²) < 4.78 is 0. The van der Waals surface area contributed by atoms with Gasteiger partial charge in [0, 0.05) is 18.0 Å². The van der Waals surface area contributed by atoms with E-state index in [1.54, 1.807) is 12.4 Å². The number of nitrogens with one attached hydrogen (secondary N) is 1. The molecular formula is C13H13N3. The number of allylic oxidation sites excluding steroid dienone is 1. The minimum Gasteiger partial charge on any atom is -0.278 e. The van der Waals surface area contributed by atoms with E-state index in [2.05, 4.69) is 21.8 Å². The van der Waals surface area contributed by atoms with E-state index >= 15 is 0 Å². The Kier molecular flexibility index (Phi) is 2.96. The molecule has 0 aliphatic rings. The Morgan fingerprint density at radius 3 is 2.94 bits per heavy atom. The van der Waals surface area contributed by atoms with Crippen LogP contribution in [0.2, 0.25) is 0 Å². The Hall–Kier alpha value is -2.16. The molecule has 0 fully saturated rings. The van der Waals surface area contributed by atoms with E-state index in [1.165, 1.54) is 0 Å². The van der Waals surface area contributed by atoms with Crippen LogP contribution in [0.5, 0.6) is 0 Å². The van der Waals surface area contributed by atoms with Crippen molar-refractivity contribution in [2.75, 3.05) is 0 Å². The highest BCUT2D eigenvalue weighted by Crippen LogP contribution is 2.16. The quantitative estimate of drug-likeness (QED) is 0.847. The van der Waals surface area contributed by atoms with Crippen molar-refractivity contribution in [3.8, 4) is 0 Å². The summed E-state index contributed by atoms with van der Waals surface area (Å²) in [5.74, 6) is 0. The Morgan fingerprint density at radius 1 is 1.38 bits per heavy atom. The Morgan fingerprint density at radius 2 is 2.25 bits per heavy atom. The van der Waals surface area contributed by atoms with Gasteiger partial charge < -0.3 is 0 Å². The van der Waals surface area contributed by atoms with Gasteiger partial charge in [0.1, 0.15) is 0 Å². The molecule has 0 saturated heterocycles. The van der Waals surface area contributed by atoms with Crippen LogP contribution in [0.4, 0.5) is 0 Å². The zero-order chi connectivity index (χ0) is 11.4. The van der Waals surface area contributed by atoms with Crippen molar-refractivity contribution in [3.05, 3.63) is 54.1 Å². The fourth-order valence-electron chi connectivity index (χ4n) is 1.42. The minimum absolute atomic E-state index is 0.972. The predicted octanol–water partition coefficient (Wildman–Crippen LogP) is 3.01. The van der Waals surface area contributed by atoms with Gasteiger partial charge in [0.05, 0.1) is 11.9 Å². The molecule has 3 nitrogen and oxygen atoms in total. The van der Waals surface area contributed by atoms with Gasteiger partial charge in [-0.05, 0) is 24.1 Å². The van der Waals surface area contributed by atoms with Gasteiger partial charge in [-0.1, -0.05) is 24.8 Å². The molecule has 2 aromatic rings. The maximum atomic E-state index is 4.05. The maximum absolute atomic E-state index is 4.05. The van der Waals surface area contributed by atoms with Crippen molar-refractivity contribution < 1.29 is 0 Å². The van der Waals surface area contributed by atoms with Crippen LogP contribution in [0, 0.1) is 0 Å². The lowest BCUT2D eigenvalue weighted by Gasteiger charge is -1.96. The van der Waals surface area contributed by atoms with Crippen molar-refractivity contribution >= 4 is 17.7 Å². The zero-order valence-electron chi connectivity index (χ0n) is 9.14. The van der Waals surface area contributed by atoms with E-state index in [0.29, 0.717) is 0 Å². The Labute approximate surface area is 94.6 Å². The average Bonchev–Trinajstić information content (AvgIpc) is 2.76. The number of aromatic amines is 1. The zero-order valence-corrected chi connectivity index (χ0v) is 9.14. The molecule has 0 aliphatic carbocycles. The summed E-state index contributed by atoms with van der Waals surface area (Å²) in [6.07, 6.45) is 9.37. The van der Waals surface area contributed by atoms with Crippen LogP contribution in [0.25, 0.3) is 17.7 Å². The van der Waals surface area contributed by atoms with E-state index in [1.807, 2.05) is 37.4 Å². The smallest absolute Gasteiger partial charge is 0.0673 e. The molecule has 0 bridgehead atoms. The number of H-pyrrole nitrogens is 1. The molecule has 0 aliphatic heterocycles. The third kappa shape index (κ3) is 2.25. The third-order valence-electron chi connectivity index (χ3n) is 2.24. The first-order chi connectivity index (χ1) is 7.77. The first kappa shape index (κ1) is 10.4. The molecule has 2 heterocycles. The largest absolute Gasteiger partial charge is 0.278 e. The number of nitrogens with zero attached hydrogens (tertiary/aromatic N) is 2. The fourth-order valence-corrected chi connectivity index (χ4v) is 1.42. The summed E-state index contributed by atoms with van der Waals surface area (Å²) in [4.78, 5) is 4.05. The molecule has 16 heavy (non-hydrogen) atoms. The highest BCUT2D eigenvalue weighted by atomic mass is 15.1. The summed E-state index contributed by atoms with van der Waals surface area (Å²) in [5.41, 5.74) is 4.05. The molecule has 0 unspecified atom stereocenters. The molecule has 1 N–H and O–H groups in total. The molecule has 80 valence electrons. The molecule has 0 radical (unpaired) electrons. The van der Waals surface area contributed by atoms with Crippen LogP contribution < -0.4 is 0 Å². The molecule has 3 heteroatoms. The van der Waals surface area contributed by atoms with Crippen LogP contribution >= 0.6 is 0 Å².